The molecule has 0 spiro atoms. The van der Waals surface area contributed by atoms with Crippen molar-refractivity contribution in [1.82, 2.24) is 25.1 Å². The van der Waals surface area contributed by atoms with E-state index < -0.39 is 0 Å². The number of hydrogen-bond acceptors (Lipinski definition) is 3. The van der Waals surface area contributed by atoms with Gasteiger partial charge in [-0.3, -0.25) is 9.48 Å². The molecule has 0 radical (unpaired) electrons. The Morgan fingerprint density at radius 1 is 1.50 bits per heavy atom. The van der Waals surface area contributed by atoms with E-state index in [1.165, 1.54) is 0 Å². The van der Waals surface area contributed by atoms with Gasteiger partial charge in [-0.1, -0.05) is 6.92 Å². The molecular formula is C14H21N5O. The van der Waals surface area contributed by atoms with E-state index in [9.17, 15) is 4.79 Å². The average Bonchev–Trinajstić information content (AvgIpc) is 3.02. The summed E-state index contributed by atoms with van der Waals surface area (Å²) in [5, 5.41) is 7.17. The van der Waals surface area contributed by atoms with Gasteiger partial charge in [-0.15, -0.1) is 0 Å². The largest absolute Gasteiger partial charge is 0.346 e. The summed E-state index contributed by atoms with van der Waals surface area (Å²) in [6, 6.07) is 1.87. The lowest BCUT2D eigenvalue weighted by Gasteiger charge is -2.15. The minimum Gasteiger partial charge on any atom is -0.346 e. The number of nitrogens with zero attached hydrogens (tertiary/aromatic N) is 3. The van der Waals surface area contributed by atoms with Crippen LogP contribution in [0.2, 0.25) is 0 Å². The van der Waals surface area contributed by atoms with Crippen molar-refractivity contribution in [3.63, 3.8) is 0 Å². The van der Waals surface area contributed by atoms with Crippen LogP contribution in [0.5, 0.6) is 0 Å². The first-order valence-corrected chi connectivity index (χ1v) is 6.89. The molecular weight excluding hydrogens is 254 g/mol. The Kier molecular flexibility index (Phi) is 4.55. The van der Waals surface area contributed by atoms with E-state index >= 15 is 0 Å². The van der Waals surface area contributed by atoms with Crippen molar-refractivity contribution in [2.24, 2.45) is 0 Å². The van der Waals surface area contributed by atoms with Gasteiger partial charge in [0.1, 0.15) is 5.82 Å². The van der Waals surface area contributed by atoms with Crippen LogP contribution in [0.1, 0.15) is 43.0 Å². The lowest BCUT2D eigenvalue weighted by molar-refractivity contribution is -0.122. The maximum atomic E-state index is 12.0. The molecule has 0 aromatic carbocycles. The summed E-state index contributed by atoms with van der Waals surface area (Å²) in [7, 11) is 0. The summed E-state index contributed by atoms with van der Waals surface area (Å²) in [6.07, 6.45) is 4.74. The third-order valence-electron chi connectivity index (χ3n) is 3.28. The highest BCUT2D eigenvalue weighted by Gasteiger charge is 2.15. The topological polar surface area (TPSA) is 75.6 Å². The molecule has 2 aromatic heterocycles. The summed E-state index contributed by atoms with van der Waals surface area (Å²) >= 11 is 0. The van der Waals surface area contributed by atoms with E-state index in [1.54, 1.807) is 12.4 Å². The van der Waals surface area contributed by atoms with Crippen molar-refractivity contribution in [2.45, 2.75) is 46.2 Å². The zero-order valence-corrected chi connectivity index (χ0v) is 12.2. The highest BCUT2D eigenvalue weighted by molar-refractivity contribution is 5.76. The zero-order chi connectivity index (χ0) is 14.5. The predicted octanol–water partition coefficient (Wildman–Crippen LogP) is 1.88. The number of aromatic amines is 1. The van der Waals surface area contributed by atoms with Gasteiger partial charge in [-0.25, -0.2) is 4.98 Å². The Labute approximate surface area is 118 Å². The van der Waals surface area contributed by atoms with Gasteiger partial charge in [0, 0.05) is 36.7 Å². The van der Waals surface area contributed by atoms with Gasteiger partial charge in [-0.05, 0) is 26.3 Å². The van der Waals surface area contributed by atoms with Gasteiger partial charge in [0.25, 0.3) is 0 Å². The molecule has 2 heterocycles. The molecule has 1 amide bonds. The molecule has 1 atom stereocenters. The van der Waals surface area contributed by atoms with Crippen LogP contribution >= 0.6 is 0 Å². The molecule has 0 bridgehead atoms. The fourth-order valence-electron chi connectivity index (χ4n) is 2.08. The van der Waals surface area contributed by atoms with Crippen LogP contribution in [-0.2, 0) is 11.3 Å². The second-order valence-corrected chi connectivity index (χ2v) is 4.93. The molecule has 0 saturated carbocycles. The minimum absolute atomic E-state index is 0.0146. The lowest BCUT2D eigenvalue weighted by atomic mass is 10.2. The van der Waals surface area contributed by atoms with E-state index in [0.29, 0.717) is 13.0 Å². The molecule has 2 aromatic rings. The van der Waals surface area contributed by atoms with Gasteiger partial charge in [0.05, 0.1) is 6.04 Å². The van der Waals surface area contributed by atoms with Crippen LogP contribution in [0.25, 0.3) is 0 Å². The number of hydrogen-bond donors (Lipinski definition) is 2. The molecule has 108 valence electrons. The first-order valence-electron chi connectivity index (χ1n) is 6.89. The monoisotopic (exact) mass is 275 g/mol. The van der Waals surface area contributed by atoms with Gasteiger partial charge < -0.3 is 10.3 Å². The molecule has 0 aliphatic rings. The average molecular weight is 275 g/mol. The second kappa shape index (κ2) is 6.36. The fraction of sp³-hybridized carbons (Fsp3) is 0.500. The standard InChI is InChI=1S/C14H21N5O/c1-4-12(14-15-9-10(2)17-14)18-13(20)6-8-19-11(3)5-7-16-19/h5,7,9,12H,4,6,8H2,1-3H3,(H,15,17)(H,18,20). The minimum atomic E-state index is -0.0603. The highest BCUT2D eigenvalue weighted by atomic mass is 16.1. The van der Waals surface area contributed by atoms with E-state index in [0.717, 1.165) is 23.6 Å². The second-order valence-electron chi connectivity index (χ2n) is 4.93. The van der Waals surface area contributed by atoms with Crippen molar-refractivity contribution in [1.29, 1.82) is 0 Å². The maximum Gasteiger partial charge on any atom is 0.222 e. The van der Waals surface area contributed by atoms with Crippen molar-refractivity contribution < 1.29 is 4.79 Å². The van der Waals surface area contributed by atoms with Crippen LogP contribution in [0.4, 0.5) is 0 Å². The van der Waals surface area contributed by atoms with Crippen LogP contribution in [0.15, 0.2) is 18.5 Å². The molecule has 20 heavy (non-hydrogen) atoms. The van der Waals surface area contributed by atoms with Crippen molar-refractivity contribution in [2.75, 3.05) is 0 Å². The van der Waals surface area contributed by atoms with Gasteiger partial charge in [-0.2, -0.15) is 5.10 Å². The fourth-order valence-corrected chi connectivity index (χ4v) is 2.08. The number of amides is 1. The molecule has 6 heteroatoms. The number of aryl methyl sites for hydroxylation is 3. The number of aromatic nitrogens is 4. The summed E-state index contributed by atoms with van der Waals surface area (Å²) in [5.74, 6) is 0.828. The number of H-pyrrole nitrogens is 1. The van der Waals surface area contributed by atoms with E-state index in [-0.39, 0.29) is 11.9 Å². The smallest absolute Gasteiger partial charge is 0.222 e. The van der Waals surface area contributed by atoms with E-state index in [4.69, 9.17) is 0 Å². The Morgan fingerprint density at radius 2 is 2.30 bits per heavy atom. The van der Waals surface area contributed by atoms with Crippen LogP contribution in [0.3, 0.4) is 0 Å². The predicted molar refractivity (Wildman–Crippen MR) is 76.1 cm³/mol. The highest BCUT2D eigenvalue weighted by Crippen LogP contribution is 2.13. The van der Waals surface area contributed by atoms with Gasteiger partial charge in [0.15, 0.2) is 0 Å². The van der Waals surface area contributed by atoms with Crippen molar-refractivity contribution in [3.8, 4) is 0 Å². The Bertz CT molecular complexity index is 572. The summed E-state index contributed by atoms with van der Waals surface area (Å²) in [6.45, 7) is 6.55. The molecule has 0 aliphatic carbocycles. The third kappa shape index (κ3) is 3.46. The van der Waals surface area contributed by atoms with Crippen LogP contribution in [0, 0.1) is 13.8 Å². The molecule has 1 unspecified atom stereocenters. The van der Waals surface area contributed by atoms with Crippen molar-refractivity contribution in [3.05, 3.63) is 35.7 Å². The number of rotatable bonds is 6. The Balaban J connectivity index is 1.88. The normalized spacial score (nSPS) is 12.3. The molecule has 0 fully saturated rings. The summed E-state index contributed by atoms with van der Waals surface area (Å²) in [4.78, 5) is 19.4. The van der Waals surface area contributed by atoms with Crippen LogP contribution in [-0.4, -0.2) is 25.7 Å². The van der Waals surface area contributed by atoms with Crippen molar-refractivity contribution >= 4 is 5.91 Å². The number of carbonyl (C=O) groups excluding carboxylic acids is 1. The molecule has 0 aliphatic heterocycles. The summed E-state index contributed by atoms with van der Waals surface area (Å²) in [5.41, 5.74) is 2.06. The molecule has 0 saturated heterocycles. The van der Waals surface area contributed by atoms with E-state index in [2.05, 4.69) is 20.4 Å². The molecule has 6 nitrogen and oxygen atoms in total. The van der Waals surface area contributed by atoms with E-state index in [1.807, 2.05) is 31.5 Å². The van der Waals surface area contributed by atoms with Crippen LogP contribution < -0.4 is 5.32 Å². The van der Waals surface area contributed by atoms with Gasteiger partial charge >= 0.3 is 0 Å². The first kappa shape index (κ1) is 14.3. The Hall–Kier alpha value is -2.11. The molecule has 2 N–H and O–H groups in total. The Morgan fingerprint density at radius 3 is 2.85 bits per heavy atom. The third-order valence-corrected chi connectivity index (χ3v) is 3.28. The molecule has 2 rings (SSSR count). The maximum absolute atomic E-state index is 12.0. The SMILES string of the molecule is CCC(NC(=O)CCn1nccc1C)c1ncc(C)[nH]1. The number of carbonyl (C=O) groups is 1. The van der Waals surface area contributed by atoms with Gasteiger partial charge in [0.2, 0.25) is 5.91 Å². The number of nitrogens with one attached hydrogen (secondary N) is 2. The lowest BCUT2D eigenvalue weighted by Crippen LogP contribution is -2.29. The number of imidazole rings is 1. The zero-order valence-electron chi connectivity index (χ0n) is 12.2. The first-order chi connectivity index (χ1) is 9.60. The quantitative estimate of drug-likeness (QED) is 0.845. The summed E-state index contributed by atoms with van der Waals surface area (Å²) < 4.78 is 1.83.